The average molecular weight is 319 g/mol. The van der Waals surface area contributed by atoms with E-state index in [1.165, 1.54) is 29.2 Å². The summed E-state index contributed by atoms with van der Waals surface area (Å²) < 4.78 is 46.6. The lowest BCUT2D eigenvalue weighted by Gasteiger charge is -2.16. The standard InChI is InChI=1S/C11H13NO6S2/c1-20(16,17)18-10-6-7-12(11(10)13)8-2-4-9(5-3-8)19(14)15/h2-5,10H,6-7H2,1H3,(H,14,15). The van der Waals surface area contributed by atoms with Crippen molar-refractivity contribution >= 4 is 32.8 Å². The lowest BCUT2D eigenvalue weighted by molar-refractivity contribution is -0.122. The van der Waals surface area contributed by atoms with E-state index in [2.05, 4.69) is 0 Å². The molecule has 1 heterocycles. The van der Waals surface area contributed by atoms with E-state index >= 15 is 0 Å². The van der Waals surface area contributed by atoms with Crippen molar-refractivity contribution in [3.8, 4) is 0 Å². The SMILES string of the molecule is CS(=O)(=O)OC1CCN(c2ccc(S(=O)O)cc2)C1=O. The summed E-state index contributed by atoms with van der Waals surface area (Å²) in [6.07, 6.45) is 0.171. The van der Waals surface area contributed by atoms with E-state index in [1.807, 2.05) is 0 Å². The molecule has 0 radical (unpaired) electrons. The third-order valence-electron chi connectivity index (χ3n) is 2.80. The molecule has 1 N–H and O–H groups in total. The first-order valence-electron chi connectivity index (χ1n) is 5.68. The van der Waals surface area contributed by atoms with Crippen LogP contribution in [0.3, 0.4) is 0 Å². The lowest BCUT2D eigenvalue weighted by atomic mass is 10.3. The molecule has 110 valence electrons. The number of amides is 1. The van der Waals surface area contributed by atoms with Gasteiger partial charge < -0.3 is 9.45 Å². The van der Waals surface area contributed by atoms with Crippen molar-refractivity contribution in [1.82, 2.24) is 0 Å². The van der Waals surface area contributed by atoms with Crippen LogP contribution >= 0.6 is 0 Å². The molecule has 0 aliphatic carbocycles. The van der Waals surface area contributed by atoms with E-state index in [0.29, 0.717) is 12.2 Å². The third-order valence-corrected chi connectivity index (χ3v) is 4.05. The second-order valence-electron chi connectivity index (χ2n) is 4.31. The van der Waals surface area contributed by atoms with Crippen molar-refractivity contribution in [2.24, 2.45) is 0 Å². The van der Waals surface area contributed by atoms with Crippen LogP contribution in [0.15, 0.2) is 29.2 Å². The molecule has 2 unspecified atom stereocenters. The molecule has 9 heteroatoms. The molecule has 1 aromatic carbocycles. The van der Waals surface area contributed by atoms with Gasteiger partial charge in [-0.15, -0.1) is 0 Å². The molecule has 0 bridgehead atoms. The predicted octanol–water partition coefficient (Wildman–Crippen LogP) is 0.349. The molecule has 0 saturated carbocycles. The number of nitrogens with zero attached hydrogens (tertiary/aromatic N) is 1. The zero-order chi connectivity index (χ0) is 14.9. The number of carbonyl (C=O) groups excluding carboxylic acids is 1. The molecule has 1 aliphatic heterocycles. The lowest BCUT2D eigenvalue weighted by Crippen LogP contribution is -2.31. The highest BCUT2D eigenvalue weighted by Gasteiger charge is 2.35. The van der Waals surface area contributed by atoms with E-state index in [-0.39, 0.29) is 11.3 Å². The number of anilines is 1. The molecule has 1 aliphatic rings. The van der Waals surface area contributed by atoms with Crippen LogP contribution in [0.2, 0.25) is 0 Å². The summed E-state index contributed by atoms with van der Waals surface area (Å²) in [5, 5.41) is 0. The zero-order valence-electron chi connectivity index (χ0n) is 10.6. The molecule has 0 aromatic heterocycles. The van der Waals surface area contributed by atoms with Crippen LogP contribution in [-0.4, -0.2) is 42.0 Å². The Balaban J connectivity index is 2.15. The second-order valence-corrected chi connectivity index (χ2v) is 6.88. The average Bonchev–Trinajstić information content (AvgIpc) is 2.69. The summed E-state index contributed by atoms with van der Waals surface area (Å²) in [6, 6.07) is 5.93. The predicted molar refractivity (Wildman–Crippen MR) is 72.2 cm³/mol. The van der Waals surface area contributed by atoms with Crippen molar-refractivity contribution in [3.63, 3.8) is 0 Å². The molecule has 7 nitrogen and oxygen atoms in total. The first-order chi connectivity index (χ1) is 9.28. The highest BCUT2D eigenvalue weighted by molar-refractivity contribution is 7.86. The monoisotopic (exact) mass is 319 g/mol. The van der Waals surface area contributed by atoms with Crippen molar-refractivity contribution in [3.05, 3.63) is 24.3 Å². The normalized spacial score (nSPS) is 21.2. The third kappa shape index (κ3) is 3.42. The van der Waals surface area contributed by atoms with Crippen LogP contribution in [0.25, 0.3) is 0 Å². The Hall–Kier alpha value is -1.29. The summed E-state index contributed by atoms with van der Waals surface area (Å²) >= 11 is -2.08. The van der Waals surface area contributed by atoms with Crippen LogP contribution in [-0.2, 0) is 30.2 Å². The fourth-order valence-corrected chi connectivity index (χ4v) is 2.92. The maximum atomic E-state index is 12.0. The molecule has 0 spiro atoms. The van der Waals surface area contributed by atoms with Crippen LogP contribution in [0.5, 0.6) is 0 Å². The first kappa shape index (κ1) is 15.1. The van der Waals surface area contributed by atoms with Gasteiger partial charge in [-0.05, 0) is 24.3 Å². The maximum absolute atomic E-state index is 12.0. The number of rotatable bonds is 4. The molecule has 1 amide bonds. The van der Waals surface area contributed by atoms with Gasteiger partial charge in [0.25, 0.3) is 16.0 Å². The van der Waals surface area contributed by atoms with Crippen molar-refractivity contribution in [2.45, 2.75) is 17.4 Å². The topological polar surface area (TPSA) is 101 Å². The first-order valence-corrected chi connectivity index (χ1v) is 8.61. The Morgan fingerprint density at radius 1 is 1.35 bits per heavy atom. The highest BCUT2D eigenvalue weighted by atomic mass is 32.2. The molecule has 2 rings (SSSR count). The minimum atomic E-state index is -3.68. The highest BCUT2D eigenvalue weighted by Crippen LogP contribution is 2.24. The Labute approximate surface area is 118 Å². The molecule has 1 saturated heterocycles. The quantitative estimate of drug-likeness (QED) is 0.635. The van der Waals surface area contributed by atoms with Gasteiger partial charge in [-0.2, -0.15) is 8.42 Å². The maximum Gasteiger partial charge on any atom is 0.265 e. The Bertz CT molecular complexity index is 639. The van der Waals surface area contributed by atoms with Crippen LogP contribution in [0.4, 0.5) is 5.69 Å². The molecule has 1 fully saturated rings. The molecule has 1 aromatic rings. The summed E-state index contributed by atoms with van der Waals surface area (Å²) in [7, 11) is -3.68. The zero-order valence-corrected chi connectivity index (χ0v) is 12.2. The smallest absolute Gasteiger partial charge is 0.265 e. The van der Waals surface area contributed by atoms with Gasteiger partial charge in [0.05, 0.1) is 11.2 Å². The van der Waals surface area contributed by atoms with Crippen molar-refractivity contribution in [2.75, 3.05) is 17.7 Å². The van der Waals surface area contributed by atoms with E-state index in [9.17, 15) is 17.4 Å². The van der Waals surface area contributed by atoms with E-state index in [4.69, 9.17) is 8.74 Å². The molecular weight excluding hydrogens is 306 g/mol. The Kier molecular flexibility index (Phi) is 4.23. The van der Waals surface area contributed by atoms with Gasteiger partial charge in [0, 0.05) is 18.7 Å². The number of benzene rings is 1. The fraction of sp³-hybridized carbons (Fsp3) is 0.364. The van der Waals surface area contributed by atoms with Gasteiger partial charge in [0.15, 0.2) is 17.2 Å². The van der Waals surface area contributed by atoms with Gasteiger partial charge in [-0.1, -0.05) is 0 Å². The van der Waals surface area contributed by atoms with Crippen LogP contribution < -0.4 is 4.90 Å². The summed E-state index contributed by atoms with van der Waals surface area (Å²) in [5.74, 6) is -0.437. The van der Waals surface area contributed by atoms with Gasteiger partial charge in [0.2, 0.25) is 0 Å². The molecular formula is C11H13NO6S2. The summed E-state index contributed by atoms with van der Waals surface area (Å²) in [6.45, 7) is 0.334. The second kappa shape index (κ2) is 5.60. The number of carbonyl (C=O) groups is 1. The van der Waals surface area contributed by atoms with E-state index in [0.717, 1.165) is 6.26 Å². The minimum absolute atomic E-state index is 0.226. The Morgan fingerprint density at radius 2 is 1.95 bits per heavy atom. The minimum Gasteiger partial charge on any atom is -0.310 e. The summed E-state index contributed by atoms with van der Waals surface area (Å²) in [5.41, 5.74) is 0.531. The van der Waals surface area contributed by atoms with Crippen LogP contribution in [0.1, 0.15) is 6.42 Å². The largest absolute Gasteiger partial charge is 0.310 e. The molecule has 2 atom stereocenters. The van der Waals surface area contributed by atoms with E-state index in [1.54, 1.807) is 0 Å². The number of hydrogen-bond acceptors (Lipinski definition) is 5. The van der Waals surface area contributed by atoms with Crippen molar-refractivity contribution in [1.29, 1.82) is 0 Å². The van der Waals surface area contributed by atoms with Crippen LogP contribution in [0, 0.1) is 0 Å². The fourth-order valence-electron chi connectivity index (χ4n) is 1.95. The van der Waals surface area contributed by atoms with Gasteiger partial charge in [-0.25, -0.2) is 4.21 Å². The molecule has 20 heavy (non-hydrogen) atoms. The van der Waals surface area contributed by atoms with Gasteiger partial charge in [-0.3, -0.25) is 8.98 Å². The van der Waals surface area contributed by atoms with Crippen molar-refractivity contribution < 1.29 is 26.2 Å². The Morgan fingerprint density at radius 3 is 2.45 bits per heavy atom. The number of hydrogen-bond donors (Lipinski definition) is 1. The van der Waals surface area contributed by atoms with E-state index < -0.39 is 33.2 Å². The van der Waals surface area contributed by atoms with Gasteiger partial charge in [0.1, 0.15) is 0 Å². The summed E-state index contributed by atoms with van der Waals surface area (Å²) in [4.78, 5) is 13.6. The van der Waals surface area contributed by atoms with Gasteiger partial charge >= 0.3 is 0 Å².